The molecule has 1 atom stereocenters. The van der Waals surface area contributed by atoms with Crippen molar-refractivity contribution >= 4 is 15.9 Å². The molecular weight excluding hydrogens is 315 g/mol. The highest BCUT2D eigenvalue weighted by Crippen LogP contribution is 2.41. The molecule has 0 radical (unpaired) electrons. The van der Waals surface area contributed by atoms with Crippen LogP contribution in [-0.4, -0.2) is 25.8 Å². The van der Waals surface area contributed by atoms with Crippen LogP contribution in [0.3, 0.4) is 0 Å². The van der Waals surface area contributed by atoms with Crippen LogP contribution in [-0.2, 0) is 6.18 Å². The van der Waals surface area contributed by atoms with E-state index < -0.39 is 17.8 Å². The monoisotopic (exact) mass is 327 g/mol. The number of hydrogen-bond acceptors (Lipinski definition) is 3. The van der Waals surface area contributed by atoms with Gasteiger partial charge in [0.15, 0.2) is 0 Å². The van der Waals surface area contributed by atoms with Crippen molar-refractivity contribution in [3.8, 4) is 5.75 Å². The zero-order valence-electron chi connectivity index (χ0n) is 9.81. The first kappa shape index (κ1) is 15.3. The van der Waals surface area contributed by atoms with Crippen molar-refractivity contribution in [2.75, 3.05) is 20.7 Å². The quantitative estimate of drug-likeness (QED) is 0.893. The number of alkyl halides is 3. The van der Waals surface area contributed by atoms with Gasteiger partial charge in [-0.05, 0) is 19.2 Å². The maximum absolute atomic E-state index is 12.8. The van der Waals surface area contributed by atoms with Crippen LogP contribution in [0.15, 0.2) is 16.6 Å². The van der Waals surface area contributed by atoms with Crippen molar-refractivity contribution in [3.63, 3.8) is 0 Å². The molecule has 102 valence electrons. The van der Waals surface area contributed by atoms with E-state index >= 15 is 0 Å². The number of hydrogen-bond donors (Lipinski definition) is 2. The number of halogens is 4. The Labute approximate surface area is 111 Å². The summed E-state index contributed by atoms with van der Waals surface area (Å²) in [7, 11) is 2.74. The van der Waals surface area contributed by atoms with Crippen molar-refractivity contribution in [3.05, 3.63) is 27.7 Å². The fourth-order valence-corrected chi connectivity index (χ4v) is 2.08. The Balaban J connectivity index is 3.38. The first-order valence-electron chi connectivity index (χ1n) is 5.08. The van der Waals surface area contributed by atoms with Crippen molar-refractivity contribution in [1.29, 1.82) is 0 Å². The molecule has 0 bridgehead atoms. The Morgan fingerprint density at radius 2 is 2.06 bits per heavy atom. The second kappa shape index (κ2) is 5.90. The molecule has 2 N–H and O–H groups in total. The Hall–Kier alpha value is -0.790. The molecule has 1 unspecified atom stereocenters. The van der Waals surface area contributed by atoms with E-state index in [9.17, 15) is 18.3 Å². The predicted molar refractivity (Wildman–Crippen MR) is 64.6 cm³/mol. The molecule has 0 spiro atoms. The molecule has 1 rings (SSSR count). The van der Waals surface area contributed by atoms with E-state index in [4.69, 9.17) is 4.74 Å². The molecule has 18 heavy (non-hydrogen) atoms. The van der Waals surface area contributed by atoms with Crippen LogP contribution in [0, 0.1) is 0 Å². The first-order valence-corrected chi connectivity index (χ1v) is 5.87. The average Bonchev–Trinajstić information content (AvgIpc) is 2.27. The number of aliphatic hydroxyl groups is 1. The Morgan fingerprint density at radius 1 is 1.44 bits per heavy atom. The molecule has 7 heteroatoms. The Kier molecular flexibility index (Phi) is 5.01. The minimum Gasteiger partial charge on any atom is -0.496 e. The van der Waals surface area contributed by atoms with Gasteiger partial charge < -0.3 is 15.2 Å². The third-order valence-electron chi connectivity index (χ3n) is 2.35. The molecule has 1 aromatic rings. The van der Waals surface area contributed by atoms with Crippen LogP contribution in [0.1, 0.15) is 17.2 Å². The molecule has 0 amide bonds. The van der Waals surface area contributed by atoms with Crippen LogP contribution in [0.5, 0.6) is 5.75 Å². The molecule has 0 aliphatic rings. The third kappa shape index (κ3) is 3.37. The largest absolute Gasteiger partial charge is 0.496 e. The van der Waals surface area contributed by atoms with Gasteiger partial charge in [0, 0.05) is 16.6 Å². The zero-order valence-corrected chi connectivity index (χ0v) is 11.4. The summed E-state index contributed by atoms with van der Waals surface area (Å²) in [6, 6.07) is 2.34. The number of benzene rings is 1. The fraction of sp³-hybridized carbons (Fsp3) is 0.455. The number of nitrogens with one attached hydrogen (secondary N) is 1. The highest BCUT2D eigenvalue weighted by atomic mass is 79.9. The minimum absolute atomic E-state index is 0.0913. The van der Waals surface area contributed by atoms with Crippen molar-refractivity contribution < 1.29 is 23.0 Å². The summed E-state index contributed by atoms with van der Waals surface area (Å²) in [4.78, 5) is 0. The van der Waals surface area contributed by atoms with Crippen molar-refractivity contribution in [2.45, 2.75) is 12.3 Å². The van der Waals surface area contributed by atoms with E-state index in [0.29, 0.717) is 0 Å². The third-order valence-corrected chi connectivity index (χ3v) is 2.81. The Bertz CT molecular complexity index is 423. The summed E-state index contributed by atoms with van der Waals surface area (Å²) in [6.45, 7) is 0.129. The summed E-state index contributed by atoms with van der Waals surface area (Å²) >= 11 is 3.00. The topological polar surface area (TPSA) is 41.5 Å². The SMILES string of the molecule is CNCC(O)c1cc(Br)cc(C(F)(F)F)c1OC. The number of ether oxygens (including phenoxy) is 1. The highest BCUT2D eigenvalue weighted by molar-refractivity contribution is 9.10. The second-order valence-corrected chi connectivity index (χ2v) is 4.56. The number of methoxy groups -OCH3 is 1. The van der Waals surface area contributed by atoms with E-state index in [-0.39, 0.29) is 22.3 Å². The van der Waals surface area contributed by atoms with Crippen LogP contribution >= 0.6 is 15.9 Å². The lowest BCUT2D eigenvalue weighted by molar-refractivity contribution is -0.138. The molecule has 0 aliphatic heterocycles. The molecule has 0 heterocycles. The van der Waals surface area contributed by atoms with E-state index in [1.165, 1.54) is 6.07 Å². The average molecular weight is 328 g/mol. The Morgan fingerprint density at radius 3 is 2.50 bits per heavy atom. The van der Waals surface area contributed by atoms with E-state index in [2.05, 4.69) is 21.2 Å². The van der Waals surface area contributed by atoms with Crippen molar-refractivity contribution in [2.24, 2.45) is 0 Å². The summed E-state index contributed by atoms with van der Waals surface area (Å²) < 4.78 is 43.6. The highest BCUT2D eigenvalue weighted by Gasteiger charge is 2.36. The lowest BCUT2D eigenvalue weighted by atomic mass is 10.0. The van der Waals surface area contributed by atoms with Gasteiger partial charge in [0.25, 0.3) is 0 Å². The maximum atomic E-state index is 12.8. The molecule has 0 saturated heterocycles. The fourth-order valence-electron chi connectivity index (χ4n) is 1.60. The van der Waals surface area contributed by atoms with Gasteiger partial charge in [-0.25, -0.2) is 0 Å². The molecular formula is C11H13BrF3NO2. The van der Waals surface area contributed by atoms with Gasteiger partial charge in [-0.15, -0.1) is 0 Å². The lowest BCUT2D eigenvalue weighted by Crippen LogP contribution is -2.19. The number of rotatable bonds is 4. The minimum atomic E-state index is -4.54. The van der Waals surface area contributed by atoms with Gasteiger partial charge in [0.05, 0.1) is 18.8 Å². The smallest absolute Gasteiger partial charge is 0.420 e. The second-order valence-electron chi connectivity index (χ2n) is 3.65. The van der Waals surface area contributed by atoms with E-state index in [1.54, 1.807) is 7.05 Å². The van der Waals surface area contributed by atoms with Crippen LogP contribution in [0.25, 0.3) is 0 Å². The summed E-state index contributed by atoms with van der Waals surface area (Å²) in [5.41, 5.74) is -0.821. The van der Waals surface area contributed by atoms with Crippen LogP contribution < -0.4 is 10.1 Å². The van der Waals surface area contributed by atoms with Gasteiger partial charge in [-0.1, -0.05) is 15.9 Å². The zero-order chi connectivity index (χ0) is 13.9. The normalized spacial score (nSPS) is 13.5. The lowest BCUT2D eigenvalue weighted by Gasteiger charge is -2.19. The van der Waals surface area contributed by atoms with E-state index in [0.717, 1.165) is 13.2 Å². The predicted octanol–water partition coefficient (Wildman–Crippen LogP) is 2.73. The van der Waals surface area contributed by atoms with Gasteiger partial charge in [0.1, 0.15) is 5.75 Å². The summed E-state index contributed by atoms with van der Waals surface area (Å²) in [6.07, 6.45) is -5.62. The first-order chi connectivity index (χ1) is 8.31. The molecule has 0 fully saturated rings. The molecule has 0 saturated carbocycles. The summed E-state index contributed by atoms with van der Waals surface area (Å²) in [5, 5.41) is 12.5. The van der Waals surface area contributed by atoms with E-state index in [1.807, 2.05) is 0 Å². The van der Waals surface area contributed by atoms with Crippen LogP contribution in [0.2, 0.25) is 0 Å². The standard InChI is InChI=1S/C11H13BrF3NO2/c1-16-5-9(17)7-3-6(12)4-8(10(7)18-2)11(13,14)15/h3-4,9,16-17H,5H2,1-2H3. The molecule has 3 nitrogen and oxygen atoms in total. The van der Waals surface area contributed by atoms with Crippen LogP contribution in [0.4, 0.5) is 13.2 Å². The molecule has 0 aromatic heterocycles. The number of aliphatic hydroxyl groups excluding tert-OH is 1. The van der Waals surface area contributed by atoms with Gasteiger partial charge >= 0.3 is 6.18 Å². The molecule has 0 aliphatic carbocycles. The molecule has 1 aromatic carbocycles. The summed E-state index contributed by atoms with van der Waals surface area (Å²) in [5.74, 6) is -0.353. The number of likely N-dealkylation sites (N-methyl/N-ethyl adjacent to an activating group) is 1. The maximum Gasteiger partial charge on any atom is 0.420 e. The van der Waals surface area contributed by atoms with Gasteiger partial charge in [-0.3, -0.25) is 0 Å². The van der Waals surface area contributed by atoms with Gasteiger partial charge in [-0.2, -0.15) is 13.2 Å². The van der Waals surface area contributed by atoms with Crippen molar-refractivity contribution in [1.82, 2.24) is 5.32 Å². The van der Waals surface area contributed by atoms with Gasteiger partial charge in [0.2, 0.25) is 0 Å².